The third kappa shape index (κ3) is 3.14. The van der Waals surface area contributed by atoms with E-state index in [9.17, 15) is 9.18 Å². The lowest BCUT2D eigenvalue weighted by atomic mass is 10.2. The number of alkyl halides is 1. The molecule has 1 saturated heterocycles. The van der Waals surface area contributed by atoms with Crippen LogP contribution >= 0.6 is 0 Å². The maximum atomic E-state index is 13.7. The highest BCUT2D eigenvalue weighted by Crippen LogP contribution is 2.23. The van der Waals surface area contributed by atoms with Crippen LogP contribution in [0.15, 0.2) is 16.9 Å². The number of H-pyrrole nitrogens is 1. The minimum atomic E-state index is -0.894. The Morgan fingerprint density at radius 1 is 1.59 bits per heavy atom. The van der Waals surface area contributed by atoms with Crippen LogP contribution in [0.4, 0.5) is 4.39 Å². The number of likely N-dealkylation sites (tertiary alicyclic amines) is 1. The summed E-state index contributed by atoms with van der Waals surface area (Å²) in [7, 11) is 0. The van der Waals surface area contributed by atoms with E-state index in [0.717, 1.165) is 11.3 Å². The highest BCUT2D eigenvalue weighted by molar-refractivity contribution is 5.91. The Balaban J connectivity index is 1.59. The third-order valence-corrected chi connectivity index (χ3v) is 3.85. The summed E-state index contributed by atoms with van der Waals surface area (Å²) < 4.78 is 18.8. The minimum Gasteiger partial charge on any atom is -0.361 e. The second-order valence-corrected chi connectivity index (χ2v) is 5.39. The van der Waals surface area contributed by atoms with E-state index in [1.54, 1.807) is 6.20 Å². The van der Waals surface area contributed by atoms with Gasteiger partial charge in [-0.2, -0.15) is 15.4 Å². The maximum absolute atomic E-state index is 13.7. The molecular formula is C13H17FN6O2. The van der Waals surface area contributed by atoms with Crippen molar-refractivity contribution in [2.75, 3.05) is 13.1 Å². The first kappa shape index (κ1) is 14.6. The molecule has 2 aromatic rings. The molecule has 2 N–H and O–H groups in total. The van der Waals surface area contributed by atoms with Gasteiger partial charge in [0, 0.05) is 31.2 Å². The molecule has 2 aromatic heterocycles. The summed E-state index contributed by atoms with van der Waals surface area (Å²) >= 11 is 0. The van der Waals surface area contributed by atoms with Crippen LogP contribution in [0.25, 0.3) is 0 Å². The van der Waals surface area contributed by atoms with Crippen molar-refractivity contribution in [2.24, 2.45) is 0 Å². The van der Waals surface area contributed by atoms with Gasteiger partial charge in [0.2, 0.25) is 0 Å². The number of nitrogens with zero attached hydrogens (tertiary/aromatic N) is 4. The van der Waals surface area contributed by atoms with E-state index in [2.05, 4.69) is 25.9 Å². The van der Waals surface area contributed by atoms with Crippen molar-refractivity contribution in [3.8, 4) is 0 Å². The van der Waals surface area contributed by atoms with Crippen LogP contribution in [0, 0.1) is 6.92 Å². The zero-order valence-electron chi connectivity index (χ0n) is 12.1. The number of amides is 1. The van der Waals surface area contributed by atoms with Crippen molar-refractivity contribution in [1.29, 1.82) is 0 Å². The average molecular weight is 308 g/mol. The smallest absolute Gasteiger partial charge is 0.273 e. The third-order valence-electron chi connectivity index (χ3n) is 3.85. The van der Waals surface area contributed by atoms with Crippen LogP contribution in [0.3, 0.4) is 0 Å². The Bertz CT molecular complexity index is 628. The van der Waals surface area contributed by atoms with E-state index in [4.69, 9.17) is 4.52 Å². The summed E-state index contributed by atoms with van der Waals surface area (Å²) in [6.07, 6.45) is 2.49. The van der Waals surface area contributed by atoms with Gasteiger partial charge in [-0.1, -0.05) is 5.16 Å². The van der Waals surface area contributed by atoms with E-state index >= 15 is 0 Å². The number of aromatic amines is 1. The Morgan fingerprint density at radius 2 is 2.45 bits per heavy atom. The second kappa shape index (κ2) is 6.22. The molecule has 9 heteroatoms. The number of rotatable bonds is 5. The monoisotopic (exact) mass is 308 g/mol. The van der Waals surface area contributed by atoms with Crippen molar-refractivity contribution in [1.82, 2.24) is 30.8 Å². The molecule has 0 aliphatic carbocycles. The van der Waals surface area contributed by atoms with Crippen molar-refractivity contribution in [2.45, 2.75) is 32.1 Å². The SMILES string of the molecule is Cc1oncc1CN1C[C@@H](F)C[C@H]1CNC(=O)c1cn[nH]n1. The molecule has 1 fully saturated rings. The molecular weight excluding hydrogens is 291 g/mol. The summed E-state index contributed by atoms with van der Waals surface area (Å²) in [5.74, 6) is 0.407. The predicted octanol–water partition coefficient (Wildman–Crippen LogP) is 0.444. The topological polar surface area (TPSA) is 99.9 Å². The molecule has 0 unspecified atom stereocenters. The van der Waals surface area contributed by atoms with Crippen molar-refractivity contribution >= 4 is 5.91 Å². The van der Waals surface area contributed by atoms with Gasteiger partial charge < -0.3 is 9.84 Å². The minimum absolute atomic E-state index is 0.0693. The molecule has 0 spiro atoms. The summed E-state index contributed by atoms with van der Waals surface area (Å²) in [5, 5.41) is 16.2. The average Bonchev–Trinajstić information content (AvgIpc) is 3.20. The fraction of sp³-hybridized carbons (Fsp3) is 0.538. The van der Waals surface area contributed by atoms with Crippen LogP contribution < -0.4 is 5.32 Å². The zero-order chi connectivity index (χ0) is 15.5. The zero-order valence-corrected chi connectivity index (χ0v) is 12.1. The van der Waals surface area contributed by atoms with Crippen molar-refractivity contribution in [3.05, 3.63) is 29.4 Å². The van der Waals surface area contributed by atoms with Gasteiger partial charge in [-0.15, -0.1) is 0 Å². The first-order valence-corrected chi connectivity index (χ1v) is 7.05. The Kier molecular flexibility index (Phi) is 4.14. The van der Waals surface area contributed by atoms with Crippen molar-refractivity contribution < 1.29 is 13.7 Å². The van der Waals surface area contributed by atoms with Gasteiger partial charge in [0.05, 0.1) is 12.4 Å². The van der Waals surface area contributed by atoms with E-state index in [1.807, 2.05) is 11.8 Å². The first-order chi connectivity index (χ1) is 10.6. The largest absolute Gasteiger partial charge is 0.361 e. The lowest BCUT2D eigenvalue weighted by Crippen LogP contribution is -2.40. The van der Waals surface area contributed by atoms with Gasteiger partial charge in [-0.3, -0.25) is 9.69 Å². The first-order valence-electron chi connectivity index (χ1n) is 7.05. The van der Waals surface area contributed by atoms with Crippen LogP contribution in [0.2, 0.25) is 0 Å². The lowest BCUT2D eigenvalue weighted by Gasteiger charge is -2.23. The van der Waals surface area contributed by atoms with E-state index < -0.39 is 6.17 Å². The van der Waals surface area contributed by atoms with Crippen LogP contribution in [0.5, 0.6) is 0 Å². The number of aryl methyl sites for hydroxylation is 1. The molecule has 0 bridgehead atoms. The van der Waals surface area contributed by atoms with Gasteiger partial charge in [0.1, 0.15) is 11.9 Å². The van der Waals surface area contributed by atoms with Crippen LogP contribution in [-0.4, -0.2) is 56.7 Å². The molecule has 8 nitrogen and oxygen atoms in total. The fourth-order valence-electron chi connectivity index (χ4n) is 2.63. The number of carbonyl (C=O) groups excluding carboxylic acids is 1. The summed E-state index contributed by atoms with van der Waals surface area (Å²) in [6, 6.07) is -0.0693. The van der Waals surface area contributed by atoms with Gasteiger partial charge in [-0.05, 0) is 13.3 Å². The molecule has 0 saturated carbocycles. The molecule has 0 aromatic carbocycles. The molecule has 118 valence electrons. The van der Waals surface area contributed by atoms with Gasteiger partial charge in [0.15, 0.2) is 5.69 Å². The van der Waals surface area contributed by atoms with Gasteiger partial charge in [0.25, 0.3) is 5.91 Å². The quantitative estimate of drug-likeness (QED) is 0.831. The van der Waals surface area contributed by atoms with Gasteiger partial charge in [-0.25, -0.2) is 4.39 Å². The molecule has 0 radical (unpaired) electrons. The number of carbonyl (C=O) groups is 1. The number of hydrogen-bond acceptors (Lipinski definition) is 6. The standard InChI is InChI=1S/C13H17FN6O2/c1-8-9(3-17-22-8)6-20-7-10(14)2-11(20)4-15-13(21)12-5-16-19-18-12/h3,5,10-11H,2,4,6-7H2,1H3,(H,15,21)(H,16,18,19)/t10-,11-/m0/s1. The van der Waals surface area contributed by atoms with E-state index in [1.165, 1.54) is 6.20 Å². The summed E-state index contributed by atoms with van der Waals surface area (Å²) in [5.41, 5.74) is 1.15. The number of nitrogens with one attached hydrogen (secondary N) is 2. The molecule has 2 atom stereocenters. The lowest BCUT2D eigenvalue weighted by molar-refractivity contribution is 0.0934. The summed E-state index contributed by atoms with van der Waals surface area (Å²) in [4.78, 5) is 13.8. The molecule has 1 amide bonds. The molecule has 22 heavy (non-hydrogen) atoms. The second-order valence-electron chi connectivity index (χ2n) is 5.39. The fourth-order valence-corrected chi connectivity index (χ4v) is 2.63. The van der Waals surface area contributed by atoms with Crippen LogP contribution in [-0.2, 0) is 6.54 Å². The molecule has 3 heterocycles. The molecule has 1 aliphatic rings. The summed E-state index contributed by atoms with van der Waals surface area (Å²) in [6.45, 7) is 3.08. The van der Waals surface area contributed by atoms with Gasteiger partial charge >= 0.3 is 0 Å². The number of halogens is 1. The Morgan fingerprint density at radius 3 is 3.14 bits per heavy atom. The van der Waals surface area contributed by atoms with E-state index in [-0.39, 0.29) is 17.6 Å². The molecule has 3 rings (SSSR count). The molecule has 1 aliphatic heterocycles. The normalized spacial score (nSPS) is 22.1. The van der Waals surface area contributed by atoms with Crippen molar-refractivity contribution in [3.63, 3.8) is 0 Å². The van der Waals surface area contributed by atoms with E-state index in [0.29, 0.717) is 26.1 Å². The number of hydrogen-bond donors (Lipinski definition) is 2. The highest BCUT2D eigenvalue weighted by atomic mass is 19.1. The Labute approximate surface area is 126 Å². The Hall–Kier alpha value is -2.29. The number of aromatic nitrogens is 4. The van der Waals surface area contributed by atoms with Crippen LogP contribution in [0.1, 0.15) is 28.2 Å². The maximum Gasteiger partial charge on any atom is 0.273 e. The highest BCUT2D eigenvalue weighted by Gasteiger charge is 2.32. The predicted molar refractivity (Wildman–Crippen MR) is 73.7 cm³/mol.